The van der Waals surface area contributed by atoms with Crippen LogP contribution in [-0.4, -0.2) is 28.3 Å². The molecule has 0 aliphatic carbocycles. The normalized spacial score (nSPS) is 11.5. The molecule has 2 aromatic heterocycles. The molecule has 0 fully saturated rings. The zero-order valence-corrected chi connectivity index (χ0v) is 37.5. The number of rotatable bonds is 9. The van der Waals surface area contributed by atoms with Gasteiger partial charge in [0.2, 0.25) is 0 Å². The number of nitrogens with zero attached hydrogens (tertiary/aromatic N) is 4. The van der Waals surface area contributed by atoms with Gasteiger partial charge in [0.25, 0.3) is 0 Å². The van der Waals surface area contributed by atoms with Gasteiger partial charge in [-0.3, -0.25) is 5.41 Å². The Bertz CT molecular complexity index is 3650. The smallest absolute Gasteiger partial charge is 0.154 e. The standard InChI is InChI=1S/C62H46N6/c1-67(62(45-28-12-5-13-29-45)66-61(64)44-26-10-4-11-27-44)59-52(49-32-16-19-35-54(49)63)38-39-53-51-34-18-21-37-58(51)68(60(53)59)57-36-20-17-31-48(57)46-40-55(43-24-8-3-9-25-43)65-56(41-46)50-33-15-14-30-47(50)42-22-6-2-7-23-42/h2-41,64H,63H2,1H3/b64-61?,66-62-. The van der Waals surface area contributed by atoms with Crippen LogP contribution in [0, 0.1) is 5.41 Å². The number of hydrogen-bond donors (Lipinski definition) is 2. The average molecular weight is 875 g/mol. The van der Waals surface area contributed by atoms with E-state index in [1.165, 1.54) is 0 Å². The fourth-order valence-electron chi connectivity index (χ4n) is 9.45. The van der Waals surface area contributed by atoms with Crippen LogP contribution in [0.5, 0.6) is 0 Å². The highest BCUT2D eigenvalue weighted by molar-refractivity contribution is 6.23. The first-order valence-corrected chi connectivity index (χ1v) is 22.8. The van der Waals surface area contributed by atoms with E-state index in [4.69, 9.17) is 15.7 Å². The van der Waals surface area contributed by atoms with Crippen LogP contribution in [0.2, 0.25) is 0 Å². The third kappa shape index (κ3) is 7.70. The van der Waals surface area contributed by atoms with Crippen molar-refractivity contribution in [2.24, 2.45) is 4.99 Å². The van der Waals surface area contributed by atoms with E-state index >= 15 is 0 Å². The Labute approximate surface area is 396 Å². The summed E-state index contributed by atoms with van der Waals surface area (Å²) < 4.78 is 2.40. The van der Waals surface area contributed by atoms with Crippen LogP contribution in [0.3, 0.4) is 0 Å². The summed E-state index contributed by atoms with van der Waals surface area (Å²) in [5, 5.41) is 11.5. The van der Waals surface area contributed by atoms with Crippen molar-refractivity contribution >= 4 is 44.9 Å². The van der Waals surface area contributed by atoms with Crippen LogP contribution in [0.1, 0.15) is 11.1 Å². The van der Waals surface area contributed by atoms with Crippen molar-refractivity contribution in [2.75, 3.05) is 17.7 Å². The SMILES string of the molecule is CN(/C(=N\C(=N)c1ccccc1)c1ccccc1)c1c(-c2ccccc2N)ccc2c3ccccc3n(-c3ccccc3-c3cc(-c4ccccc4)nc(-c4ccccc4-c4ccccc4)c3)c12. The minimum atomic E-state index is 0.159. The zero-order chi connectivity index (χ0) is 46.0. The maximum Gasteiger partial charge on any atom is 0.154 e. The van der Waals surface area contributed by atoms with E-state index in [0.29, 0.717) is 11.5 Å². The molecular weight excluding hydrogens is 829 g/mol. The number of aromatic nitrogens is 2. The van der Waals surface area contributed by atoms with E-state index < -0.39 is 0 Å². The Hall–Kier alpha value is -9.13. The largest absolute Gasteiger partial charge is 0.398 e. The molecule has 0 spiro atoms. The number of nitrogens with two attached hydrogens (primary N) is 1. The van der Waals surface area contributed by atoms with E-state index in [9.17, 15) is 5.41 Å². The fraction of sp³-hybridized carbons (Fsp3) is 0.0161. The monoisotopic (exact) mass is 874 g/mol. The molecule has 0 aliphatic rings. The molecule has 0 amide bonds. The molecule has 324 valence electrons. The predicted octanol–water partition coefficient (Wildman–Crippen LogP) is 15.0. The minimum Gasteiger partial charge on any atom is -0.398 e. The number of fused-ring (bicyclic) bond motifs is 3. The zero-order valence-electron chi connectivity index (χ0n) is 37.5. The molecule has 2 heterocycles. The van der Waals surface area contributed by atoms with Crippen LogP contribution in [-0.2, 0) is 0 Å². The highest BCUT2D eigenvalue weighted by Gasteiger charge is 2.27. The Morgan fingerprint density at radius 3 is 1.72 bits per heavy atom. The highest BCUT2D eigenvalue weighted by Crippen LogP contribution is 2.46. The summed E-state index contributed by atoms with van der Waals surface area (Å²) in [5.41, 5.74) is 23.1. The van der Waals surface area contributed by atoms with Gasteiger partial charge in [0, 0.05) is 62.5 Å². The fourth-order valence-corrected chi connectivity index (χ4v) is 9.45. The highest BCUT2D eigenvalue weighted by atomic mass is 15.2. The molecule has 11 rings (SSSR count). The van der Waals surface area contributed by atoms with Crippen molar-refractivity contribution in [1.29, 1.82) is 5.41 Å². The maximum atomic E-state index is 9.34. The molecule has 68 heavy (non-hydrogen) atoms. The summed E-state index contributed by atoms with van der Waals surface area (Å²) in [5.74, 6) is 0.780. The second-order valence-corrected chi connectivity index (χ2v) is 16.8. The Morgan fingerprint density at radius 1 is 0.471 bits per heavy atom. The van der Waals surface area contributed by atoms with Crippen molar-refractivity contribution in [2.45, 2.75) is 0 Å². The minimum absolute atomic E-state index is 0.159. The van der Waals surface area contributed by atoms with Crippen molar-refractivity contribution in [3.05, 3.63) is 254 Å². The van der Waals surface area contributed by atoms with Gasteiger partial charge in [0.1, 0.15) is 5.84 Å². The topological polar surface area (TPSA) is 83.3 Å². The van der Waals surface area contributed by atoms with Crippen molar-refractivity contribution in [1.82, 2.24) is 9.55 Å². The molecule has 9 aromatic carbocycles. The lowest BCUT2D eigenvalue weighted by atomic mass is 9.94. The number of para-hydroxylation sites is 3. The number of anilines is 2. The third-order valence-electron chi connectivity index (χ3n) is 12.6. The van der Waals surface area contributed by atoms with E-state index in [1.807, 2.05) is 72.8 Å². The predicted molar refractivity (Wildman–Crippen MR) is 285 cm³/mol. The lowest BCUT2D eigenvalue weighted by Crippen LogP contribution is -2.29. The Kier molecular flexibility index (Phi) is 11.0. The number of amidine groups is 2. The first-order chi connectivity index (χ1) is 33.5. The molecule has 0 saturated heterocycles. The number of nitrogen functional groups attached to an aromatic ring is 1. The van der Waals surface area contributed by atoms with Gasteiger partial charge < -0.3 is 15.2 Å². The molecule has 6 heteroatoms. The Balaban J connectivity index is 1.21. The van der Waals surface area contributed by atoms with Gasteiger partial charge in [-0.1, -0.05) is 212 Å². The maximum absolute atomic E-state index is 9.34. The molecule has 0 radical (unpaired) electrons. The van der Waals surface area contributed by atoms with Crippen LogP contribution in [0.15, 0.2) is 248 Å². The van der Waals surface area contributed by atoms with Crippen LogP contribution in [0.4, 0.5) is 11.4 Å². The summed E-state index contributed by atoms with van der Waals surface area (Å²) in [6.45, 7) is 0. The molecule has 0 atom stereocenters. The molecule has 6 nitrogen and oxygen atoms in total. The van der Waals surface area contributed by atoms with Gasteiger partial charge >= 0.3 is 0 Å². The molecule has 11 aromatic rings. The van der Waals surface area contributed by atoms with Crippen molar-refractivity contribution in [3.8, 4) is 61.6 Å². The van der Waals surface area contributed by atoms with Gasteiger partial charge in [0.15, 0.2) is 5.84 Å². The summed E-state index contributed by atoms with van der Waals surface area (Å²) in [6.07, 6.45) is 0. The summed E-state index contributed by atoms with van der Waals surface area (Å²) in [7, 11) is 2.06. The average Bonchev–Trinajstić information content (AvgIpc) is 3.75. The van der Waals surface area contributed by atoms with Crippen LogP contribution >= 0.6 is 0 Å². The second-order valence-electron chi connectivity index (χ2n) is 16.8. The van der Waals surface area contributed by atoms with E-state index in [1.54, 1.807) is 0 Å². The molecule has 0 unspecified atom stereocenters. The van der Waals surface area contributed by atoms with Gasteiger partial charge in [0.05, 0.1) is 33.8 Å². The van der Waals surface area contributed by atoms with Gasteiger partial charge in [-0.15, -0.1) is 0 Å². The number of aliphatic imine (C=N–C) groups is 1. The molecule has 0 saturated carbocycles. The number of pyridine rings is 1. The van der Waals surface area contributed by atoms with Crippen LogP contribution in [0.25, 0.3) is 83.4 Å². The van der Waals surface area contributed by atoms with E-state index in [0.717, 1.165) is 100 Å². The molecule has 0 aliphatic heterocycles. The quantitative estimate of drug-likeness (QED) is 0.0861. The van der Waals surface area contributed by atoms with E-state index in [-0.39, 0.29) is 5.84 Å². The molecule has 0 bridgehead atoms. The Morgan fingerprint density at radius 2 is 1.01 bits per heavy atom. The third-order valence-corrected chi connectivity index (χ3v) is 12.6. The number of hydrogen-bond acceptors (Lipinski definition) is 3. The summed E-state index contributed by atoms with van der Waals surface area (Å²) in [6, 6.07) is 83.5. The summed E-state index contributed by atoms with van der Waals surface area (Å²) >= 11 is 0. The van der Waals surface area contributed by atoms with Crippen molar-refractivity contribution < 1.29 is 0 Å². The number of nitrogens with one attached hydrogen (secondary N) is 1. The molecule has 3 N–H and O–H groups in total. The second kappa shape index (κ2) is 18.0. The number of benzene rings is 9. The van der Waals surface area contributed by atoms with Gasteiger partial charge in [-0.2, -0.15) is 0 Å². The van der Waals surface area contributed by atoms with E-state index in [2.05, 4.69) is 186 Å². The van der Waals surface area contributed by atoms with Gasteiger partial charge in [-0.25, -0.2) is 9.98 Å². The lowest BCUT2D eigenvalue weighted by molar-refractivity contribution is 1.16. The van der Waals surface area contributed by atoms with Crippen molar-refractivity contribution in [3.63, 3.8) is 0 Å². The summed E-state index contributed by atoms with van der Waals surface area (Å²) in [4.78, 5) is 12.7. The lowest BCUT2D eigenvalue weighted by Gasteiger charge is -2.27. The first kappa shape index (κ1) is 41.6. The molecular formula is C62H46N6. The first-order valence-electron chi connectivity index (χ1n) is 22.8. The van der Waals surface area contributed by atoms with Gasteiger partial charge in [-0.05, 0) is 47.0 Å². The van der Waals surface area contributed by atoms with Crippen LogP contribution < -0.4 is 10.6 Å².